The molecule has 0 bridgehead atoms. The van der Waals surface area contributed by atoms with Gasteiger partial charge in [-0.1, -0.05) is 0 Å². The molecule has 1 fully saturated rings. The molecule has 1 atom stereocenters. The highest BCUT2D eigenvalue weighted by atomic mass is 16.6. The second-order valence-electron chi connectivity index (χ2n) is 5.61. The lowest BCUT2D eigenvalue weighted by molar-refractivity contribution is -0.165. The Kier molecular flexibility index (Phi) is 4.43. The molecule has 0 saturated heterocycles. The van der Waals surface area contributed by atoms with Gasteiger partial charge in [0.1, 0.15) is 5.78 Å². The van der Waals surface area contributed by atoms with Crippen LogP contribution in [0.5, 0.6) is 0 Å². The minimum Gasteiger partial charge on any atom is -0.393 e. The first-order chi connectivity index (χ1) is 7.80. The molecule has 0 aromatic rings. The van der Waals surface area contributed by atoms with Crippen molar-refractivity contribution in [3.8, 4) is 0 Å². The van der Waals surface area contributed by atoms with Crippen LogP contribution >= 0.6 is 0 Å². The van der Waals surface area contributed by atoms with Crippen LogP contribution in [-0.2, 0) is 19.1 Å². The Morgan fingerprint density at radius 3 is 2.47 bits per heavy atom. The van der Waals surface area contributed by atoms with Gasteiger partial charge in [0.15, 0.2) is 0 Å². The molecule has 1 aliphatic carbocycles. The summed E-state index contributed by atoms with van der Waals surface area (Å²) in [7, 11) is 0. The van der Waals surface area contributed by atoms with Gasteiger partial charge in [0.25, 0.3) is 0 Å². The molecule has 1 aliphatic rings. The van der Waals surface area contributed by atoms with E-state index in [1.807, 2.05) is 0 Å². The van der Waals surface area contributed by atoms with Gasteiger partial charge in [-0.2, -0.15) is 0 Å². The van der Waals surface area contributed by atoms with E-state index in [0.717, 1.165) is 12.8 Å². The third-order valence-electron chi connectivity index (χ3n) is 2.95. The monoisotopic (exact) mass is 240 g/mol. The summed E-state index contributed by atoms with van der Waals surface area (Å²) in [6.45, 7) is 5.09. The predicted molar refractivity (Wildman–Crippen MR) is 62.1 cm³/mol. The van der Waals surface area contributed by atoms with Crippen LogP contribution in [0.2, 0.25) is 0 Å². The molecule has 0 spiro atoms. The standard InChI is InChI=1S/C13H20O4/c1-13(2,3)12(16)17-11(15)8-7-9-5-4-6-10(9)14/h9H,4-8H2,1-3H3/t9-/m0/s1. The minimum atomic E-state index is -0.668. The van der Waals surface area contributed by atoms with E-state index >= 15 is 0 Å². The molecule has 0 unspecified atom stereocenters. The van der Waals surface area contributed by atoms with E-state index in [-0.39, 0.29) is 18.1 Å². The first-order valence-electron chi connectivity index (χ1n) is 6.08. The second-order valence-corrected chi connectivity index (χ2v) is 5.61. The van der Waals surface area contributed by atoms with Gasteiger partial charge in [-0.15, -0.1) is 0 Å². The van der Waals surface area contributed by atoms with E-state index in [1.54, 1.807) is 20.8 Å². The van der Waals surface area contributed by atoms with Crippen molar-refractivity contribution in [3.05, 3.63) is 0 Å². The van der Waals surface area contributed by atoms with Gasteiger partial charge in [-0.05, 0) is 40.0 Å². The molecule has 0 heterocycles. The third kappa shape index (κ3) is 4.29. The van der Waals surface area contributed by atoms with Gasteiger partial charge in [-0.25, -0.2) is 0 Å². The van der Waals surface area contributed by atoms with Gasteiger partial charge < -0.3 is 4.74 Å². The molecule has 4 nitrogen and oxygen atoms in total. The summed E-state index contributed by atoms with van der Waals surface area (Å²) in [6.07, 6.45) is 3.06. The number of carbonyl (C=O) groups excluding carboxylic acids is 3. The lowest BCUT2D eigenvalue weighted by Gasteiger charge is -2.15. The van der Waals surface area contributed by atoms with E-state index in [9.17, 15) is 14.4 Å². The molecule has 1 saturated carbocycles. The van der Waals surface area contributed by atoms with Crippen LogP contribution in [0.3, 0.4) is 0 Å². The Balaban J connectivity index is 2.31. The molecular formula is C13H20O4. The number of esters is 2. The van der Waals surface area contributed by atoms with Crippen molar-refractivity contribution < 1.29 is 19.1 Å². The molecule has 4 heteroatoms. The largest absolute Gasteiger partial charge is 0.393 e. The molecule has 17 heavy (non-hydrogen) atoms. The highest BCUT2D eigenvalue weighted by Crippen LogP contribution is 2.25. The summed E-state index contributed by atoms with van der Waals surface area (Å²) in [6, 6.07) is 0. The number of carbonyl (C=O) groups is 3. The van der Waals surface area contributed by atoms with Crippen LogP contribution in [0.4, 0.5) is 0 Å². The van der Waals surface area contributed by atoms with Crippen molar-refractivity contribution in [2.24, 2.45) is 11.3 Å². The molecule has 96 valence electrons. The van der Waals surface area contributed by atoms with Crippen molar-refractivity contribution in [1.82, 2.24) is 0 Å². The molecule has 0 amide bonds. The minimum absolute atomic E-state index is 0.00714. The molecule has 1 rings (SSSR count). The van der Waals surface area contributed by atoms with Crippen molar-refractivity contribution in [3.63, 3.8) is 0 Å². The Morgan fingerprint density at radius 1 is 1.35 bits per heavy atom. The number of rotatable bonds is 3. The maximum Gasteiger partial charge on any atom is 0.318 e. The van der Waals surface area contributed by atoms with Crippen LogP contribution < -0.4 is 0 Å². The lowest BCUT2D eigenvalue weighted by atomic mass is 9.97. The summed E-state index contributed by atoms with van der Waals surface area (Å²) in [4.78, 5) is 34.2. The Labute approximate surface area is 102 Å². The van der Waals surface area contributed by atoms with Crippen LogP contribution in [-0.4, -0.2) is 17.7 Å². The first kappa shape index (κ1) is 13.9. The van der Waals surface area contributed by atoms with E-state index in [2.05, 4.69) is 0 Å². The smallest absolute Gasteiger partial charge is 0.318 e. The topological polar surface area (TPSA) is 60.4 Å². The van der Waals surface area contributed by atoms with E-state index in [0.29, 0.717) is 12.8 Å². The molecule has 0 aromatic carbocycles. The van der Waals surface area contributed by atoms with Gasteiger partial charge in [0, 0.05) is 18.8 Å². The summed E-state index contributed by atoms with van der Waals surface area (Å²) < 4.78 is 4.72. The first-order valence-corrected chi connectivity index (χ1v) is 6.08. The van der Waals surface area contributed by atoms with Crippen LogP contribution in [0.15, 0.2) is 0 Å². The maximum atomic E-state index is 11.4. The van der Waals surface area contributed by atoms with Crippen molar-refractivity contribution in [1.29, 1.82) is 0 Å². The number of hydrogen-bond acceptors (Lipinski definition) is 4. The molecule has 0 aliphatic heterocycles. The summed E-state index contributed by atoms with van der Waals surface area (Å²) in [5.41, 5.74) is -0.668. The van der Waals surface area contributed by atoms with E-state index < -0.39 is 17.4 Å². The van der Waals surface area contributed by atoms with Gasteiger partial charge >= 0.3 is 11.9 Å². The van der Waals surface area contributed by atoms with Crippen LogP contribution in [0.1, 0.15) is 52.9 Å². The molecular weight excluding hydrogens is 220 g/mol. The normalized spacial score (nSPS) is 20.4. The van der Waals surface area contributed by atoms with Crippen molar-refractivity contribution in [2.75, 3.05) is 0 Å². The van der Waals surface area contributed by atoms with Crippen molar-refractivity contribution in [2.45, 2.75) is 52.9 Å². The molecule has 0 aromatic heterocycles. The molecule has 0 radical (unpaired) electrons. The summed E-state index contributed by atoms with van der Waals surface area (Å²) in [5.74, 6) is -0.808. The van der Waals surface area contributed by atoms with Gasteiger partial charge in [0.2, 0.25) is 0 Å². The van der Waals surface area contributed by atoms with Gasteiger partial charge in [0.05, 0.1) is 5.41 Å². The number of Topliss-reactive ketones (excluding diaryl/α,β-unsaturated/α-hetero) is 1. The number of hydrogen-bond donors (Lipinski definition) is 0. The zero-order valence-corrected chi connectivity index (χ0v) is 10.7. The fourth-order valence-corrected chi connectivity index (χ4v) is 1.79. The van der Waals surface area contributed by atoms with E-state index in [4.69, 9.17) is 4.74 Å². The van der Waals surface area contributed by atoms with Crippen LogP contribution in [0.25, 0.3) is 0 Å². The summed E-state index contributed by atoms with van der Waals surface area (Å²) >= 11 is 0. The Morgan fingerprint density at radius 2 is 2.00 bits per heavy atom. The fourth-order valence-electron chi connectivity index (χ4n) is 1.79. The van der Waals surface area contributed by atoms with Crippen molar-refractivity contribution >= 4 is 17.7 Å². The zero-order chi connectivity index (χ0) is 13.1. The van der Waals surface area contributed by atoms with Gasteiger partial charge in [-0.3, -0.25) is 14.4 Å². The Bertz CT molecular complexity index is 325. The zero-order valence-electron chi connectivity index (χ0n) is 10.7. The average molecular weight is 240 g/mol. The second kappa shape index (κ2) is 5.43. The highest BCUT2D eigenvalue weighted by Gasteiger charge is 2.28. The quantitative estimate of drug-likeness (QED) is 0.560. The highest BCUT2D eigenvalue weighted by molar-refractivity contribution is 5.88. The maximum absolute atomic E-state index is 11.4. The Hall–Kier alpha value is -1.19. The SMILES string of the molecule is CC(C)(C)C(=O)OC(=O)CC[C@@H]1CCCC1=O. The number of ether oxygens (including phenoxy) is 1. The lowest BCUT2D eigenvalue weighted by Crippen LogP contribution is -2.26. The predicted octanol–water partition coefficient (Wildman–Crippen LogP) is 2.25. The van der Waals surface area contributed by atoms with Crippen LogP contribution in [0, 0.1) is 11.3 Å². The molecule has 0 N–H and O–H groups in total. The number of ketones is 1. The summed E-state index contributed by atoms with van der Waals surface area (Å²) in [5, 5.41) is 0. The fraction of sp³-hybridized carbons (Fsp3) is 0.769. The average Bonchev–Trinajstić information content (AvgIpc) is 2.59. The third-order valence-corrected chi connectivity index (χ3v) is 2.95. The van der Waals surface area contributed by atoms with E-state index in [1.165, 1.54) is 0 Å².